The SMILES string of the molecule is CNCCc1ccccc1.N/C(=C1\NC=Nc2[nH]ccc21)C1CCCCC1. The lowest BCUT2D eigenvalue weighted by Gasteiger charge is -2.25. The van der Waals surface area contributed by atoms with Gasteiger partial charge in [-0.3, -0.25) is 0 Å². The van der Waals surface area contributed by atoms with Crippen molar-refractivity contribution in [3.05, 3.63) is 59.4 Å². The molecule has 0 radical (unpaired) electrons. The molecule has 1 saturated carbocycles. The van der Waals surface area contributed by atoms with Gasteiger partial charge in [-0.1, -0.05) is 49.6 Å². The predicted molar refractivity (Wildman–Crippen MR) is 114 cm³/mol. The molecule has 0 amide bonds. The summed E-state index contributed by atoms with van der Waals surface area (Å²) in [5, 5.41) is 6.32. The lowest BCUT2D eigenvalue weighted by molar-refractivity contribution is 0.400. The van der Waals surface area contributed by atoms with Crippen LogP contribution in [-0.2, 0) is 6.42 Å². The van der Waals surface area contributed by atoms with Crippen LogP contribution in [0.25, 0.3) is 5.70 Å². The van der Waals surface area contributed by atoms with E-state index in [1.807, 2.05) is 25.4 Å². The van der Waals surface area contributed by atoms with Crippen LogP contribution in [-0.4, -0.2) is 24.9 Å². The van der Waals surface area contributed by atoms with Crippen LogP contribution in [0.4, 0.5) is 5.82 Å². The number of allylic oxidation sites excluding steroid dienone is 1. The second-order valence-corrected chi connectivity index (χ2v) is 7.15. The molecule has 0 saturated heterocycles. The summed E-state index contributed by atoms with van der Waals surface area (Å²) in [7, 11) is 1.98. The van der Waals surface area contributed by atoms with Gasteiger partial charge in [-0.15, -0.1) is 0 Å². The van der Waals surface area contributed by atoms with E-state index in [4.69, 9.17) is 5.73 Å². The quantitative estimate of drug-likeness (QED) is 0.663. The Labute approximate surface area is 162 Å². The van der Waals surface area contributed by atoms with Crippen LogP contribution in [0.1, 0.15) is 43.2 Å². The molecule has 5 nitrogen and oxygen atoms in total. The van der Waals surface area contributed by atoms with Crippen molar-refractivity contribution in [2.75, 3.05) is 13.6 Å². The number of aromatic amines is 1. The number of rotatable bonds is 4. The Bertz CT molecular complexity index is 754. The highest BCUT2D eigenvalue weighted by atomic mass is 15.0. The zero-order valence-corrected chi connectivity index (χ0v) is 16.2. The van der Waals surface area contributed by atoms with Crippen LogP contribution in [0.2, 0.25) is 0 Å². The van der Waals surface area contributed by atoms with E-state index in [1.165, 1.54) is 37.7 Å². The van der Waals surface area contributed by atoms with Gasteiger partial charge in [0.05, 0.1) is 12.0 Å². The number of nitrogens with two attached hydrogens (primary N) is 1. The van der Waals surface area contributed by atoms with Crippen LogP contribution in [0.5, 0.6) is 0 Å². The molecule has 0 atom stereocenters. The van der Waals surface area contributed by atoms with Gasteiger partial charge in [0, 0.05) is 23.4 Å². The molecule has 1 aliphatic carbocycles. The Hall–Kier alpha value is -2.53. The standard InChI is InChI=1S/C13H18N4.C9H13N/c14-11(9-4-2-1-3-5-9)12-10-6-7-15-13(10)17-8-16-12;1-10-8-7-9-5-3-2-4-6-9/h6-9,15H,1-5,14H2,(H,16,17);2-6,10H,7-8H2,1H3/b12-11-;. The maximum atomic E-state index is 6.34. The van der Waals surface area contributed by atoms with Gasteiger partial charge in [0.1, 0.15) is 5.82 Å². The molecular weight excluding hydrogens is 334 g/mol. The Kier molecular flexibility index (Phi) is 7.11. The van der Waals surface area contributed by atoms with Gasteiger partial charge in [-0.2, -0.15) is 0 Å². The normalized spacial score (nSPS) is 18.1. The van der Waals surface area contributed by atoms with Crippen molar-refractivity contribution in [1.82, 2.24) is 15.6 Å². The maximum Gasteiger partial charge on any atom is 0.141 e. The molecule has 4 rings (SSSR count). The van der Waals surface area contributed by atoms with Gasteiger partial charge in [0.2, 0.25) is 0 Å². The van der Waals surface area contributed by atoms with Crippen molar-refractivity contribution >= 4 is 17.9 Å². The van der Waals surface area contributed by atoms with Crippen molar-refractivity contribution in [2.24, 2.45) is 16.6 Å². The molecule has 0 bridgehead atoms. The van der Waals surface area contributed by atoms with Gasteiger partial charge in [-0.05, 0) is 44.5 Å². The largest absolute Gasteiger partial charge is 0.400 e. The van der Waals surface area contributed by atoms with E-state index in [-0.39, 0.29) is 0 Å². The highest BCUT2D eigenvalue weighted by molar-refractivity contribution is 5.87. The second-order valence-electron chi connectivity index (χ2n) is 7.15. The third-order valence-electron chi connectivity index (χ3n) is 5.24. The molecule has 5 N–H and O–H groups in total. The molecule has 1 aliphatic heterocycles. The Balaban J connectivity index is 0.000000180. The van der Waals surface area contributed by atoms with E-state index in [2.05, 4.69) is 44.9 Å². The fraction of sp³-hybridized carbons (Fsp3) is 0.409. The number of aliphatic imine (C=N–C) groups is 1. The monoisotopic (exact) mass is 365 g/mol. The van der Waals surface area contributed by atoms with E-state index >= 15 is 0 Å². The van der Waals surface area contributed by atoms with Crippen molar-refractivity contribution < 1.29 is 0 Å². The highest BCUT2D eigenvalue weighted by Crippen LogP contribution is 2.33. The number of H-pyrrole nitrogens is 1. The molecule has 27 heavy (non-hydrogen) atoms. The number of aromatic nitrogens is 1. The van der Waals surface area contributed by atoms with Crippen molar-refractivity contribution in [3.63, 3.8) is 0 Å². The molecule has 5 heteroatoms. The molecule has 2 aliphatic rings. The van der Waals surface area contributed by atoms with E-state index in [1.54, 1.807) is 6.34 Å². The van der Waals surface area contributed by atoms with Crippen LogP contribution in [0.3, 0.4) is 0 Å². The Morgan fingerprint density at radius 1 is 1.15 bits per heavy atom. The number of hydrogen-bond acceptors (Lipinski definition) is 4. The molecule has 2 aromatic rings. The first-order valence-corrected chi connectivity index (χ1v) is 9.94. The average Bonchev–Trinajstić information content (AvgIpc) is 3.22. The lowest BCUT2D eigenvalue weighted by Crippen LogP contribution is -2.24. The van der Waals surface area contributed by atoms with E-state index in [0.29, 0.717) is 5.92 Å². The van der Waals surface area contributed by atoms with Crippen molar-refractivity contribution in [1.29, 1.82) is 0 Å². The van der Waals surface area contributed by atoms with Gasteiger partial charge < -0.3 is 21.4 Å². The number of nitrogens with one attached hydrogen (secondary N) is 3. The van der Waals surface area contributed by atoms with Crippen molar-refractivity contribution in [3.8, 4) is 0 Å². The van der Waals surface area contributed by atoms with Gasteiger partial charge in [-0.25, -0.2) is 4.99 Å². The zero-order chi connectivity index (χ0) is 18.9. The number of hydrogen-bond donors (Lipinski definition) is 4. The summed E-state index contributed by atoms with van der Waals surface area (Å²) < 4.78 is 0. The first-order chi connectivity index (χ1) is 13.3. The van der Waals surface area contributed by atoms with Crippen LogP contribution < -0.4 is 16.4 Å². The number of likely N-dealkylation sites (N-methyl/N-ethyl adjacent to an activating group) is 1. The topological polar surface area (TPSA) is 78.2 Å². The summed E-state index contributed by atoms with van der Waals surface area (Å²) in [5.41, 5.74) is 10.9. The zero-order valence-electron chi connectivity index (χ0n) is 16.2. The van der Waals surface area contributed by atoms with Crippen LogP contribution in [0, 0.1) is 5.92 Å². The fourth-order valence-electron chi connectivity index (χ4n) is 3.68. The van der Waals surface area contributed by atoms with E-state index < -0.39 is 0 Å². The lowest BCUT2D eigenvalue weighted by atomic mass is 9.85. The summed E-state index contributed by atoms with van der Waals surface area (Å²) in [5.74, 6) is 1.43. The van der Waals surface area contributed by atoms with E-state index in [0.717, 1.165) is 35.7 Å². The van der Waals surface area contributed by atoms with Crippen molar-refractivity contribution in [2.45, 2.75) is 38.5 Å². The Morgan fingerprint density at radius 2 is 1.93 bits per heavy atom. The fourth-order valence-corrected chi connectivity index (χ4v) is 3.68. The summed E-state index contributed by atoms with van der Waals surface area (Å²) >= 11 is 0. The Morgan fingerprint density at radius 3 is 2.67 bits per heavy atom. The minimum atomic E-state index is 0.528. The smallest absolute Gasteiger partial charge is 0.141 e. The molecule has 2 heterocycles. The van der Waals surface area contributed by atoms with Crippen LogP contribution in [0.15, 0.2) is 53.3 Å². The molecular formula is C22H31N5. The third kappa shape index (κ3) is 5.23. The summed E-state index contributed by atoms with van der Waals surface area (Å²) in [4.78, 5) is 7.37. The molecule has 0 unspecified atom stereocenters. The van der Waals surface area contributed by atoms with Gasteiger partial charge >= 0.3 is 0 Å². The third-order valence-corrected chi connectivity index (χ3v) is 5.24. The first-order valence-electron chi connectivity index (χ1n) is 9.94. The molecule has 1 fully saturated rings. The van der Waals surface area contributed by atoms with E-state index in [9.17, 15) is 0 Å². The minimum Gasteiger partial charge on any atom is -0.400 e. The highest BCUT2D eigenvalue weighted by Gasteiger charge is 2.22. The van der Waals surface area contributed by atoms with Crippen LogP contribution >= 0.6 is 0 Å². The molecule has 144 valence electrons. The molecule has 1 aromatic heterocycles. The van der Waals surface area contributed by atoms with Gasteiger partial charge in [0.25, 0.3) is 0 Å². The number of benzene rings is 1. The maximum absolute atomic E-state index is 6.34. The minimum absolute atomic E-state index is 0.528. The second kappa shape index (κ2) is 9.97. The average molecular weight is 366 g/mol. The summed E-state index contributed by atoms with van der Waals surface area (Å²) in [6.45, 7) is 1.06. The number of nitrogens with zero attached hydrogens (tertiary/aromatic N) is 1. The first kappa shape index (κ1) is 19.2. The predicted octanol–water partition coefficient (Wildman–Crippen LogP) is 3.93. The number of fused-ring (bicyclic) bond motifs is 1. The summed E-state index contributed by atoms with van der Waals surface area (Å²) in [6, 6.07) is 12.5. The van der Waals surface area contributed by atoms with Gasteiger partial charge in [0.15, 0.2) is 0 Å². The molecule has 0 spiro atoms. The summed E-state index contributed by atoms with van der Waals surface area (Å²) in [6.07, 6.45) is 11.1. The molecule has 1 aromatic carbocycles.